The summed E-state index contributed by atoms with van der Waals surface area (Å²) in [6.07, 6.45) is 1.21. The third kappa shape index (κ3) is 3.20. The number of rotatable bonds is 5. The van der Waals surface area contributed by atoms with Crippen LogP contribution in [-0.4, -0.2) is 11.5 Å². The molecule has 86 valence electrons. The smallest absolute Gasteiger partial charge is 0.166 e. The summed E-state index contributed by atoms with van der Waals surface area (Å²) in [5.74, 6) is 0.753. The summed E-state index contributed by atoms with van der Waals surface area (Å²) >= 11 is 3.39. The van der Waals surface area contributed by atoms with Gasteiger partial charge >= 0.3 is 0 Å². The molecule has 2 nitrogen and oxygen atoms in total. The van der Waals surface area contributed by atoms with Crippen molar-refractivity contribution >= 4 is 33.5 Å². The Kier molecular flexibility index (Phi) is 4.21. The normalized spacial score (nSPS) is 11.4. The van der Waals surface area contributed by atoms with Crippen molar-refractivity contribution in [2.75, 3.05) is 6.54 Å². The molecule has 0 unspecified atom stereocenters. The lowest BCUT2D eigenvalue weighted by molar-refractivity contribution is 0.585. The Hall–Kier alpha value is -0.580. The number of fused-ring (bicyclic) bond motifs is 1. The van der Waals surface area contributed by atoms with Gasteiger partial charge < -0.3 is 0 Å². The Balaban J connectivity index is 1.89. The molecule has 0 fully saturated rings. The molecule has 4 heteroatoms. The van der Waals surface area contributed by atoms with Gasteiger partial charge in [0.05, 0.1) is 10.2 Å². The third-order valence-electron chi connectivity index (χ3n) is 2.26. The van der Waals surface area contributed by atoms with Crippen molar-refractivity contribution in [1.29, 1.82) is 0 Å². The number of benzene rings is 1. The Morgan fingerprint density at radius 1 is 1.38 bits per heavy atom. The second kappa shape index (κ2) is 5.66. The van der Waals surface area contributed by atoms with E-state index in [2.05, 4.69) is 41.8 Å². The van der Waals surface area contributed by atoms with E-state index in [4.69, 9.17) is 0 Å². The van der Waals surface area contributed by atoms with Crippen molar-refractivity contribution in [3.8, 4) is 0 Å². The predicted octanol–water partition coefficient (Wildman–Crippen LogP) is 3.94. The molecule has 0 atom stereocenters. The Morgan fingerprint density at radius 3 is 2.94 bits per heavy atom. The first-order chi connectivity index (χ1) is 7.75. The molecule has 1 N–H and O–H groups in total. The summed E-state index contributed by atoms with van der Waals surface area (Å²) in [4.78, 5) is 4.55. The van der Waals surface area contributed by atoms with Crippen molar-refractivity contribution in [1.82, 2.24) is 9.71 Å². The topological polar surface area (TPSA) is 24.9 Å². The van der Waals surface area contributed by atoms with E-state index in [0.29, 0.717) is 0 Å². The van der Waals surface area contributed by atoms with Crippen molar-refractivity contribution in [3.63, 3.8) is 0 Å². The number of para-hydroxylation sites is 1. The molecule has 0 aliphatic rings. The summed E-state index contributed by atoms with van der Waals surface area (Å²) in [5.41, 5.74) is 1.10. The lowest BCUT2D eigenvalue weighted by Gasteiger charge is -2.03. The first kappa shape index (κ1) is 11.9. The molecule has 16 heavy (non-hydrogen) atoms. The summed E-state index contributed by atoms with van der Waals surface area (Å²) in [6.45, 7) is 5.52. The van der Waals surface area contributed by atoms with Gasteiger partial charge in [-0.3, -0.25) is 4.72 Å². The molecule has 1 aromatic heterocycles. The lowest BCUT2D eigenvalue weighted by atomic mass is 10.1. The van der Waals surface area contributed by atoms with Gasteiger partial charge in [0.25, 0.3) is 0 Å². The highest BCUT2D eigenvalue weighted by atomic mass is 32.2. The van der Waals surface area contributed by atoms with Crippen LogP contribution >= 0.6 is 23.3 Å². The monoisotopic (exact) mass is 252 g/mol. The predicted molar refractivity (Wildman–Crippen MR) is 72.9 cm³/mol. The van der Waals surface area contributed by atoms with Gasteiger partial charge in [-0.2, -0.15) is 0 Å². The van der Waals surface area contributed by atoms with Crippen LogP contribution in [-0.2, 0) is 0 Å². The SMILES string of the molecule is CC(C)CCNSc1nc2ccccc2s1. The van der Waals surface area contributed by atoms with E-state index in [-0.39, 0.29) is 0 Å². The summed E-state index contributed by atoms with van der Waals surface area (Å²) < 4.78 is 5.72. The maximum atomic E-state index is 4.55. The highest BCUT2D eigenvalue weighted by Crippen LogP contribution is 2.27. The van der Waals surface area contributed by atoms with Crippen molar-refractivity contribution < 1.29 is 0 Å². The molecule has 2 aromatic rings. The van der Waals surface area contributed by atoms with Gasteiger partial charge in [-0.25, -0.2) is 4.98 Å². The minimum atomic E-state index is 0.753. The first-order valence-corrected chi connectivity index (χ1v) is 7.14. The quantitative estimate of drug-likeness (QED) is 0.644. The number of aromatic nitrogens is 1. The Bertz CT molecular complexity index is 418. The zero-order chi connectivity index (χ0) is 11.4. The molecule has 0 amide bonds. The molecular weight excluding hydrogens is 236 g/mol. The number of nitrogens with one attached hydrogen (secondary N) is 1. The van der Waals surface area contributed by atoms with Crippen LogP contribution in [0.15, 0.2) is 28.6 Å². The fourth-order valence-electron chi connectivity index (χ4n) is 1.36. The van der Waals surface area contributed by atoms with E-state index < -0.39 is 0 Å². The van der Waals surface area contributed by atoms with Crippen molar-refractivity contribution in [2.24, 2.45) is 5.92 Å². The van der Waals surface area contributed by atoms with Crippen LogP contribution in [0.1, 0.15) is 20.3 Å². The van der Waals surface area contributed by atoms with Crippen LogP contribution in [0.3, 0.4) is 0 Å². The van der Waals surface area contributed by atoms with Gasteiger partial charge in [-0.15, -0.1) is 11.3 Å². The van der Waals surface area contributed by atoms with Gasteiger partial charge in [0.2, 0.25) is 0 Å². The number of hydrogen-bond donors (Lipinski definition) is 1. The molecule has 0 radical (unpaired) electrons. The zero-order valence-electron chi connectivity index (χ0n) is 9.56. The molecule has 0 bridgehead atoms. The molecule has 0 aliphatic carbocycles. The van der Waals surface area contributed by atoms with Crippen LogP contribution in [0.5, 0.6) is 0 Å². The average molecular weight is 252 g/mol. The molecule has 1 aromatic carbocycles. The fraction of sp³-hybridized carbons (Fsp3) is 0.417. The number of thiazole rings is 1. The maximum absolute atomic E-state index is 4.55. The highest BCUT2D eigenvalue weighted by Gasteiger charge is 2.03. The standard InChI is InChI=1S/C12H16N2S2/c1-9(2)7-8-13-16-12-14-10-5-3-4-6-11(10)15-12/h3-6,9,13H,7-8H2,1-2H3. The fourth-order valence-corrected chi connectivity index (χ4v) is 3.15. The van der Waals surface area contributed by atoms with E-state index >= 15 is 0 Å². The number of hydrogen-bond acceptors (Lipinski definition) is 4. The Morgan fingerprint density at radius 2 is 2.19 bits per heavy atom. The molecule has 0 saturated carbocycles. The molecule has 1 heterocycles. The minimum absolute atomic E-state index is 0.753. The second-order valence-corrected chi connectivity index (χ2v) is 6.29. The molecule has 0 saturated heterocycles. The Labute approximate surface area is 105 Å². The van der Waals surface area contributed by atoms with Crippen LogP contribution in [0, 0.1) is 5.92 Å². The van der Waals surface area contributed by atoms with Crippen LogP contribution in [0.25, 0.3) is 10.2 Å². The molecular formula is C12H16N2S2. The molecule has 2 rings (SSSR count). The van der Waals surface area contributed by atoms with Gasteiger partial charge in [-0.1, -0.05) is 26.0 Å². The van der Waals surface area contributed by atoms with Crippen LogP contribution in [0.4, 0.5) is 0 Å². The van der Waals surface area contributed by atoms with Gasteiger partial charge in [0.15, 0.2) is 4.34 Å². The third-order valence-corrected chi connectivity index (χ3v) is 4.20. The van der Waals surface area contributed by atoms with E-state index in [0.717, 1.165) is 22.3 Å². The highest BCUT2D eigenvalue weighted by molar-refractivity contribution is 7.99. The van der Waals surface area contributed by atoms with Gasteiger partial charge in [0.1, 0.15) is 0 Å². The van der Waals surface area contributed by atoms with Crippen molar-refractivity contribution in [2.45, 2.75) is 24.6 Å². The summed E-state index contributed by atoms with van der Waals surface area (Å²) in [7, 11) is 0. The zero-order valence-corrected chi connectivity index (χ0v) is 11.2. The largest absolute Gasteiger partial charge is 0.258 e. The molecule has 0 aliphatic heterocycles. The average Bonchev–Trinajstić information content (AvgIpc) is 2.66. The number of nitrogens with zero attached hydrogens (tertiary/aromatic N) is 1. The van der Waals surface area contributed by atoms with Crippen LogP contribution < -0.4 is 4.72 Å². The van der Waals surface area contributed by atoms with E-state index in [9.17, 15) is 0 Å². The van der Waals surface area contributed by atoms with Gasteiger partial charge in [-0.05, 0) is 36.4 Å². The van der Waals surface area contributed by atoms with Crippen LogP contribution in [0.2, 0.25) is 0 Å². The van der Waals surface area contributed by atoms with Gasteiger partial charge in [0, 0.05) is 6.54 Å². The summed E-state index contributed by atoms with van der Waals surface area (Å²) in [6, 6.07) is 8.26. The van der Waals surface area contributed by atoms with Crippen molar-refractivity contribution in [3.05, 3.63) is 24.3 Å². The van der Waals surface area contributed by atoms with E-state index in [1.807, 2.05) is 6.07 Å². The minimum Gasteiger partial charge on any atom is -0.258 e. The second-order valence-electron chi connectivity index (χ2n) is 4.13. The molecule has 0 spiro atoms. The lowest BCUT2D eigenvalue weighted by Crippen LogP contribution is -2.07. The summed E-state index contributed by atoms with van der Waals surface area (Å²) in [5, 5.41) is 0. The maximum Gasteiger partial charge on any atom is 0.166 e. The van der Waals surface area contributed by atoms with E-state index in [1.54, 1.807) is 23.3 Å². The first-order valence-electron chi connectivity index (χ1n) is 5.51. The van der Waals surface area contributed by atoms with E-state index in [1.165, 1.54) is 11.1 Å².